The summed E-state index contributed by atoms with van der Waals surface area (Å²) >= 11 is 1.80. The van der Waals surface area contributed by atoms with Crippen LogP contribution in [0, 0.1) is 0 Å². The molecule has 4 nitrogen and oxygen atoms in total. The van der Waals surface area contributed by atoms with Crippen molar-refractivity contribution in [2.24, 2.45) is 10.7 Å². The SMILES string of the molecule is CSC(C)(C)CN=C(N)NCC1CCCO1.I. The zero-order chi connectivity index (χ0) is 12.0. The quantitative estimate of drug-likeness (QED) is 0.439. The molecule has 0 amide bonds. The van der Waals surface area contributed by atoms with Gasteiger partial charge in [-0.25, -0.2) is 0 Å². The Balaban J connectivity index is 0.00000256. The summed E-state index contributed by atoms with van der Waals surface area (Å²) in [5.41, 5.74) is 5.79. The summed E-state index contributed by atoms with van der Waals surface area (Å²) in [7, 11) is 0. The lowest BCUT2D eigenvalue weighted by atomic mass is 10.2. The molecule has 0 aliphatic carbocycles. The molecule has 1 heterocycles. The molecular weight excluding hydrogens is 349 g/mol. The molecule has 1 aliphatic heterocycles. The molecule has 1 fully saturated rings. The minimum Gasteiger partial charge on any atom is -0.376 e. The van der Waals surface area contributed by atoms with Crippen molar-refractivity contribution in [2.45, 2.75) is 37.5 Å². The van der Waals surface area contributed by atoms with Crippen LogP contribution in [-0.2, 0) is 4.74 Å². The Kier molecular flexibility index (Phi) is 8.57. The molecule has 0 radical (unpaired) electrons. The van der Waals surface area contributed by atoms with Crippen LogP contribution in [0.3, 0.4) is 0 Å². The molecule has 0 spiro atoms. The fourth-order valence-electron chi connectivity index (χ4n) is 1.42. The molecule has 0 bridgehead atoms. The first-order valence-corrected chi connectivity index (χ1v) is 6.96. The van der Waals surface area contributed by atoms with Crippen LogP contribution in [0.4, 0.5) is 0 Å². The largest absolute Gasteiger partial charge is 0.376 e. The van der Waals surface area contributed by atoms with E-state index in [0.29, 0.717) is 12.1 Å². The van der Waals surface area contributed by atoms with Gasteiger partial charge in [-0.15, -0.1) is 24.0 Å². The number of ether oxygens (including phenoxy) is 1. The van der Waals surface area contributed by atoms with Gasteiger partial charge in [0.05, 0.1) is 12.6 Å². The number of hydrogen-bond acceptors (Lipinski definition) is 3. The lowest BCUT2D eigenvalue weighted by Crippen LogP contribution is -2.38. The summed E-state index contributed by atoms with van der Waals surface area (Å²) in [4.78, 5) is 4.33. The summed E-state index contributed by atoms with van der Waals surface area (Å²) in [5.74, 6) is 0.526. The van der Waals surface area contributed by atoms with Crippen molar-refractivity contribution in [1.82, 2.24) is 5.32 Å². The van der Waals surface area contributed by atoms with E-state index in [1.54, 1.807) is 11.8 Å². The maximum Gasteiger partial charge on any atom is 0.188 e. The Labute approximate surface area is 126 Å². The first-order valence-electron chi connectivity index (χ1n) is 5.74. The van der Waals surface area contributed by atoms with E-state index < -0.39 is 0 Å². The zero-order valence-corrected chi connectivity index (χ0v) is 14.0. The van der Waals surface area contributed by atoms with E-state index in [1.807, 2.05) is 0 Å². The topological polar surface area (TPSA) is 59.6 Å². The number of hydrogen-bond donors (Lipinski definition) is 2. The normalized spacial score (nSPS) is 21.1. The van der Waals surface area contributed by atoms with Gasteiger partial charge in [-0.3, -0.25) is 4.99 Å². The maximum absolute atomic E-state index is 5.79. The molecule has 6 heteroatoms. The fraction of sp³-hybridized carbons (Fsp3) is 0.909. The van der Waals surface area contributed by atoms with Crippen molar-refractivity contribution in [1.29, 1.82) is 0 Å². The van der Waals surface area contributed by atoms with Crippen molar-refractivity contribution >= 4 is 41.7 Å². The van der Waals surface area contributed by atoms with Crippen molar-refractivity contribution in [2.75, 3.05) is 26.0 Å². The molecule has 0 saturated carbocycles. The molecule has 3 N–H and O–H groups in total. The number of aliphatic imine (C=N–C) groups is 1. The average Bonchev–Trinajstić information content (AvgIpc) is 2.76. The second-order valence-corrected chi connectivity index (χ2v) is 6.19. The first kappa shape index (κ1) is 17.3. The lowest BCUT2D eigenvalue weighted by molar-refractivity contribution is 0.114. The summed E-state index contributed by atoms with van der Waals surface area (Å²) in [6, 6.07) is 0. The number of nitrogens with two attached hydrogens (primary N) is 1. The van der Waals surface area contributed by atoms with E-state index in [0.717, 1.165) is 32.5 Å². The van der Waals surface area contributed by atoms with Crippen molar-refractivity contribution in [3.8, 4) is 0 Å². The highest BCUT2D eigenvalue weighted by atomic mass is 127. The molecule has 102 valence electrons. The molecule has 1 unspecified atom stereocenters. The van der Waals surface area contributed by atoms with Gasteiger partial charge in [-0.2, -0.15) is 11.8 Å². The van der Waals surface area contributed by atoms with Gasteiger partial charge in [0.1, 0.15) is 0 Å². The van der Waals surface area contributed by atoms with E-state index in [4.69, 9.17) is 10.5 Å². The number of rotatable bonds is 5. The molecule has 1 rings (SSSR count). The number of thioether (sulfide) groups is 1. The van der Waals surface area contributed by atoms with Gasteiger partial charge in [0.2, 0.25) is 0 Å². The summed E-state index contributed by atoms with van der Waals surface area (Å²) in [6.45, 7) is 6.71. The van der Waals surface area contributed by atoms with E-state index in [2.05, 4.69) is 30.4 Å². The molecule has 1 aliphatic rings. The van der Waals surface area contributed by atoms with E-state index in [-0.39, 0.29) is 28.7 Å². The Morgan fingerprint density at radius 2 is 2.29 bits per heavy atom. The van der Waals surface area contributed by atoms with Crippen LogP contribution in [0.25, 0.3) is 0 Å². The standard InChI is InChI=1S/C11H23N3OS.HI/c1-11(2,16-3)8-14-10(12)13-7-9-5-4-6-15-9;/h9H,4-8H2,1-3H3,(H3,12,13,14);1H. The number of nitrogens with one attached hydrogen (secondary N) is 1. The van der Waals surface area contributed by atoms with Crippen LogP contribution in [-0.4, -0.2) is 42.8 Å². The van der Waals surface area contributed by atoms with Gasteiger partial charge < -0.3 is 15.8 Å². The van der Waals surface area contributed by atoms with Crippen LogP contribution in [0.1, 0.15) is 26.7 Å². The Morgan fingerprint density at radius 3 is 2.82 bits per heavy atom. The highest BCUT2D eigenvalue weighted by molar-refractivity contribution is 14.0. The zero-order valence-electron chi connectivity index (χ0n) is 10.9. The molecular formula is C11H24IN3OS. The van der Waals surface area contributed by atoms with E-state index in [9.17, 15) is 0 Å². The third-order valence-electron chi connectivity index (χ3n) is 2.72. The Bertz CT molecular complexity index is 243. The highest BCUT2D eigenvalue weighted by Crippen LogP contribution is 2.20. The second-order valence-electron chi connectivity index (χ2n) is 4.68. The number of halogens is 1. The molecule has 1 saturated heterocycles. The first-order chi connectivity index (χ1) is 7.53. The van der Waals surface area contributed by atoms with Crippen LogP contribution < -0.4 is 11.1 Å². The summed E-state index contributed by atoms with van der Waals surface area (Å²) in [5, 5.41) is 3.11. The van der Waals surface area contributed by atoms with E-state index in [1.165, 1.54) is 0 Å². The van der Waals surface area contributed by atoms with Crippen LogP contribution in [0.5, 0.6) is 0 Å². The monoisotopic (exact) mass is 373 g/mol. The van der Waals surface area contributed by atoms with Crippen molar-refractivity contribution in [3.05, 3.63) is 0 Å². The third kappa shape index (κ3) is 7.35. The molecule has 17 heavy (non-hydrogen) atoms. The van der Waals surface area contributed by atoms with Crippen LogP contribution in [0.2, 0.25) is 0 Å². The maximum atomic E-state index is 5.79. The molecule has 0 aromatic carbocycles. The summed E-state index contributed by atoms with van der Waals surface area (Å²) < 4.78 is 5.64. The van der Waals surface area contributed by atoms with Crippen LogP contribution >= 0.6 is 35.7 Å². The predicted octanol–water partition coefficient (Wildman–Crippen LogP) is 1.83. The van der Waals surface area contributed by atoms with Gasteiger partial charge in [0, 0.05) is 17.9 Å². The summed E-state index contributed by atoms with van der Waals surface area (Å²) in [6.07, 6.45) is 4.67. The van der Waals surface area contributed by atoms with Gasteiger partial charge in [0.15, 0.2) is 5.96 Å². The molecule has 0 aromatic heterocycles. The fourth-order valence-corrected chi connectivity index (χ4v) is 1.61. The predicted molar refractivity (Wildman–Crippen MR) is 86.5 cm³/mol. The molecule has 0 aromatic rings. The Morgan fingerprint density at radius 1 is 1.59 bits per heavy atom. The van der Waals surface area contributed by atoms with Gasteiger partial charge in [-0.05, 0) is 32.9 Å². The van der Waals surface area contributed by atoms with Crippen molar-refractivity contribution in [3.63, 3.8) is 0 Å². The minimum absolute atomic E-state index is 0. The lowest BCUT2D eigenvalue weighted by Gasteiger charge is -2.19. The van der Waals surface area contributed by atoms with Crippen molar-refractivity contribution < 1.29 is 4.74 Å². The number of guanidine groups is 1. The van der Waals surface area contributed by atoms with E-state index >= 15 is 0 Å². The Hall–Kier alpha value is 0.310. The van der Waals surface area contributed by atoms with Gasteiger partial charge in [0.25, 0.3) is 0 Å². The average molecular weight is 373 g/mol. The van der Waals surface area contributed by atoms with Gasteiger partial charge in [-0.1, -0.05) is 0 Å². The minimum atomic E-state index is 0. The van der Waals surface area contributed by atoms with Gasteiger partial charge >= 0.3 is 0 Å². The smallest absolute Gasteiger partial charge is 0.188 e. The molecule has 1 atom stereocenters. The number of nitrogens with zero attached hydrogens (tertiary/aromatic N) is 1. The van der Waals surface area contributed by atoms with Crippen LogP contribution in [0.15, 0.2) is 4.99 Å². The highest BCUT2D eigenvalue weighted by Gasteiger charge is 2.16. The second kappa shape index (κ2) is 8.42. The third-order valence-corrected chi connectivity index (χ3v) is 3.95.